The van der Waals surface area contributed by atoms with Gasteiger partial charge in [-0.1, -0.05) is 279 Å². The third-order valence-electron chi connectivity index (χ3n) is 13.3. The number of ether oxygens (including phenoxy) is 3. The molecule has 0 saturated heterocycles. The highest BCUT2D eigenvalue weighted by Crippen LogP contribution is 2.18. The number of rotatable bonds is 51. The first-order valence-corrected chi connectivity index (χ1v) is 28.3. The van der Waals surface area contributed by atoms with Gasteiger partial charge in [-0.25, -0.2) is 0 Å². The Labute approximate surface area is 393 Å². The van der Waals surface area contributed by atoms with E-state index < -0.39 is 6.10 Å². The molecule has 0 aliphatic heterocycles. The molecule has 0 amide bonds. The average Bonchev–Trinajstić information content (AvgIpc) is 3.27. The highest BCUT2D eigenvalue weighted by atomic mass is 16.6. The molecule has 2 atom stereocenters. The van der Waals surface area contributed by atoms with E-state index in [2.05, 4.69) is 34.6 Å². The van der Waals surface area contributed by atoms with Crippen LogP contribution < -0.4 is 0 Å². The molecule has 0 aromatic heterocycles. The van der Waals surface area contributed by atoms with E-state index in [1.807, 2.05) is 0 Å². The molecule has 0 aliphatic rings. The summed E-state index contributed by atoms with van der Waals surface area (Å²) in [5, 5.41) is 0. The predicted molar refractivity (Wildman–Crippen MR) is 270 cm³/mol. The molecule has 0 N–H and O–H groups in total. The standard InChI is InChI=1S/C57H110O6/c1-6-8-9-10-11-12-13-21-27-32-37-42-47-55(58)61-50-54(63-57(60)49-44-39-34-29-24-23-26-31-36-41-46-53(5)7-2)51-62-56(59)48-43-38-33-28-22-19-17-15-14-16-18-20-25-30-35-40-45-52(3)4/h52-54H,6-51H2,1-5H3/t53?,54-/m1/s1. The first-order valence-electron chi connectivity index (χ1n) is 28.3. The van der Waals surface area contributed by atoms with Crippen molar-refractivity contribution in [1.82, 2.24) is 0 Å². The maximum Gasteiger partial charge on any atom is 0.306 e. The van der Waals surface area contributed by atoms with Gasteiger partial charge in [0.25, 0.3) is 0 Å². The Hall–Kier alpha value is -1.59. The zero-order valence-electron chi connectivity index (χ0n) is 43.2. The van der Waals surface area contributed by atoms with Gasteiger partial charge in [-0.15, -0.1) is 0 Å². The van der Waals surface area contributed by atoms with Crippen LogP contribution in [0.15, 0.2) is 0 Å². The molecule has 0 fully saturated rings. The molecule has 0 aromatic rings. The van der Waals surface area contributed by atoms with Gasteiger partial charge in [0, 0.05) is 19.3 Å². The third-order valence-corrected chi connectivity index (χ3v) is 13.3. The molecule has 0 aromatic carbocycles. The predicted octanol–water partition coefficient (Wildman–Crippen LogP) is 18.5. The second kappa shape index (κ2) is 49.8. The average molecular weight is 892 g/mol. The first kappa shape index (κ1) is 61.4. The summed E-state index contributed by atoms with van der Waals surface area (Å²) in [7, 11) is 0. The van der Waals surface area contributed by atoms with Gasteiger partial charge in [0.15, 0.2) is 6.10 Å². The van der Waals surface area contributed by atoms with Crippen LogP contribution in [0, 0.1) is 11.8 Å². The molecular formula is C57H110O6. The van der Waals surface area contributed by atoms with Crippen molar-refractivity contribution < 1.29 is 28.6 Å². The van der Waals surface area contributed by atoms with Crippen molar-refractivity contribution in [1.29, 1.82) is 0 Å². The van der Waals surface area contributed by atoms with E-state index >= 15 is 0 Å². The van der Waals surface area contributed by atoms with Crippen LogP contribution in [-0.4, -0.2) is 37.2 Å². The van der Waals surface area contributed by atoms with Crippen LogP contribution in [0.1, 0.15) is 317 Å². The second-order valence-electron chi connectivity index (χ2n) is 20.3. The lowest BCUT2D eigenvalue weighted by atomic mass is 9.99. The summed E-state index contributed by atoms with van der Waals surface area (Å²) in [6, 6.07) is 0. The molecule has 0 radical (unpaired) electrons. The number of esters is 3. The number of hydrogen-bond acceptors (Lipinski definition) is 6. The maximum atomic E-state index is 12.8. The molecule has 1 unspecified atom stereocenters. The van der Waals surface area contributed by atoms with Crippen LogP contribution in [0.4, 0.5) is 0 Å². The van der Waals surface area contributed by atoms with Gasteiger partial charge in [-0.05, 0) is 31.1 Å². The fourth-order valence-electron chi connectivity index (χ4n) is 8.66. The summed E-state index contributed by atoms with van der Waals surface area (Å²) in [5.41, 5.74) is 0. The lowest BCUT2D eigenvalue weighted by Gasteiger charge is -2.18. The van der Waals surface area contributed by atoms with Crippen molar-refractivity contribution in [2.75, 3.05) is 13.2 Å². The zero-order valence-corrected chi connectivity index (χ0v) is 43.2. The van der Waals surface area contributed by atoms with Crippen molar-refractivity contribution >= 4 is 17.9 Å². The number of carbonyl (C=O) groups is 3. The van der Waals surface area contributed by atoms with Crippen LogP contribution in [0.3, 0.4) is 0 Å². The Morgan fingerprint density at radius 3 is 0.905 bits per heavy atom. The largest absolute Gasteiger partial charge is 0.462 e. The SMILES string of the molecule is CCCCCCCCCCCCCCC(=O)OC[C@H](COC(=O)CCCCCCCCCCCCCCCCCCC(C)C)OC(=O)CCCCCCCCCCCCC(C)CC. The molecule has 0 rings (SSSR count). The van der Waals surface area contributed by atoms with E-state index in [1.165, 1.54) is 205 Å². The van der Waals surface area contributed by atoms with E-state index in [0.717, 1.165) is 69.6 Å². The smallest absolute Gasteiger partial charge is 0.306 e. The quantitative estimate of drug-likeness (QED) is 0.0344. The van der Waals surface area contributed by atoms with Gasteiger partial charge in [-0.2, -0.15) is 0 Å². The maximum absolute atomic E-state index is 12.8. The van der Waals surface area contributed by atoms with Gasteiger partial charge in [0.2, 0.25) is 0 Å². The molecule has 0 bridgehead atoms. The molecule has 0 saturated carbocycles. The number of unbranched alkanes of at least 4 members (excludes halogenated alkanes) is 35. The van der Waals surface area contributed by atoms with Crippen LogP contribution in [-0.2, 0) is 28.6 Å². The van der Waals surface area contributed by atoms with E-state index in [-0.39, 0.29) is 31.1 Å². The zero-order chi connectivity index (χ0) is 46.1. The summed E-state index contributed by atoms with van der Waals surface area (Å²) < 4.78 is 16.9. The lowest BCUT2D eigenvalue weighted by molar-refractivity contribution is -0.167. The topological polar surface area (TPSA) is 78.9 Å². The van der Waals surface area contributed by atoms with Crippen molar-refractivity contribution in [2.24, 2.45) is 11.8 Å². The molecule has 0 spiro atoms. The van der Waals surface area contributed by atoms with Crippen molar-refractivity contribution in [3.05, 3.63) is 0 Å². The molecular weight excluding hydrogens is 781 g/mol. The van der Waals surface area contributed by atoms with Crippen LogP contribution in [0.2, 0.25) is 0 Å². The summed E-state index contributed by atoms with van der Waals surface area (Å²) in [5.74, 6) is 0.878. The highest BCUT2D eigenvalue weighted by molar-refractivity contribution is 5.71. The van der Waals surface area contributed by atoms with E-state index in [1.54, 1.807) is 0 Å². The van der Waals surface area contributed by atoms with Crippen LogP contribution in [0.5, 0.6) is 0 Å². The summed E-state index contributed by atoms with van der Waals surface area (Å²) in [6.45, 7) is 11.4. The molecule has 0 heterocycles. The monoisotopic (exact) mass is 891 g/mol. The van der Waals surface area contributed by atoms with Crippen molar-refractivity contribution in [3.8, 4) is 0 Å². The minimum atomic E-state index is -0.762. The van der Waals surface area contributed by atoms with E-state index in [0.29, 0.717) is 19.3 Å². The van der Waals surface area contributed by atoms with Gasteiger partial charge >= 0.3 is 17.9 Å². The Bertz CT molecular complexity index is 964. The van der Waals surface area contributed by atoms with Gasteiger partial charge < -0.3 is 14.2 Å². The normalized spacial score (nSPS) is 12.5. The third kappa shape index (κ3) is 49.7. The van der Waals surface area contributed by atoms with Crippen molar-refractivity contribution in [2.45, 2.75) is 323 Å². The van der Waals surface area contributed by atoms with Crippen LogP contribution in [0.25, 0.3) is 0 Å². The van der Waals surface area contributed by atoms with Crippen molar-refractivity contribution in [3.63, 3.8) is 0 Å². The fourth-order valence-corrected chi connectivity index (χ4v) is 8.66. The van der Waals surface area contributed by atoms with E-state index in [4.69, 9.17) is 14.2 Å². The summed E-state index contributed by atoms with van der Waals surface area (Å²) >= 11 is 0. The summed E-state index contributed by atoms with van der Waals surface area (Å²) in [4.78, 5) is 38.1. The Balaban J connectivity index is 4.27. The molecule has 374 valence electrons. The molecule has 6 heteroatoms. The van der Waals surface area contributed by atoms with Gasteiger partial charge in [0.05, 0.1) is 0 Å². The number of hydrogen-bond donors (Lipinski definition) is 0. The molecule has 63 heavy (non-hydrogen) atoms. The lowest BCUT2D eigenvalue weighted by Crippen LogP contribution is -2.30. The fraction of sp³-hybridized carbons (Fsp3) is 0.947. The minimum Gasteiger partial charge on any atom is -0.462 e. The Morgan fingerprint density at radius 2 is 0.603 bits per heavy atom. The summed E-state index contributed by atoms with van der Waals surface area (Å²) in [6.07, 6.45) is 52.3. The Kier molecular flexibility index (Phi) is 48.6. The molecule has 6 nitrogen and oxygen atoms in total. The van der Waals surface area contributed by atoms with Crippen LogP contribution >= 0.6 is 0 Å². The minimum absolute atomic E-state index is 0.0630. The first-order chi connectivity index (χ1) is 30.8. The van der Waals surface area contributed by atoms with E-state index in [9.17, 15) is 14.4 Å². The van der Waals surface area contributed by atoms with Gasteiger partial charge in [0.1, 0.15) is 13.2 Å². The Morgan fingerprint density at radius 1 is 0.333 bits per heavy atom. The number of carbonyl (C=O) groups excluding carboxylic acids is 3. The highest BCUT2D eigenvalue weighted by Gasteiger charge is 2.19. The van der Waals surface area contributed by atoms with Gasteiger partial charge in [-0.3, -0.25) is 14.4 Å². The second-order valence-corrected chi connectivity index (χ2v) is 20.3. The molecule has 0 aliphatic carbocycles.